The van der Waals surface area contributed by atoms with Gasteiger partial charge in [-0.2, -0.15) is 0 Å². The number of fused-ring (bicyclic) bond motifs is 4. The maximum Gasteiger partial charge on any atom is 0.0462 e. The van der Waals surface area contributed by atoms with Gasteiger partial charge in [0.15, 0.2) is 0 Å². The van der Waals surface area contributed by atoms with E-state index in [1.807, 2.05) is 0 Å². The molecule has 0 saturated heterocycles. The van der Waals surface area contributed by atoms with Crippen molar-refractivity contribution in [2.45, 2.75) is 19.3 Å². The summed E-state index contributed by atoms with van der Waals surface area (Å²) in [5.41, 5.74) is 23.1. The van der Waals surface area contributed by atoms with Crippen LogP contribution in [-0.4, -0.2) is 0 Å². The molecule has 0 fully saturated rings. The molecule has 11 aromatic carbocycles. The first-order valence-corrected chi connectivity index (χ1v) is 23.7. The first-order chi connectivity index (χ1) is 33.5. The topological polar surface area (TPSA) is 3.24 Å². The van der Waals surface area contributed by atoms with E-state index in [0.717, 1.165) is 17.1 Å². The minimum atomic E-state index is -0.104. The second-order valence-electron chi connectivity index (χ2n) is 18.5. The van der Waals surface area contributed by atoms with E-state index >= 15 is 0 Å². The first kappa shape index (κ1) is 40.9. The number of hydrogen-bond donors (Lipinski definition) is 0. The Bertz CT molecular complexity index is 3540. The van der Waals surface area contributed by atoms with Crippen LogP contribution in [0.3, 0.4) is 0 Å². The van der Waals surface area contributed by atoms with E-state index in [1.165, 1.54) is 99.8 Å². The number of rotatable bonds is 9. The molecule has 0 radical (unpaired) electrons. The first-order valence-electron chi connectivity index (χ1n) is 23.7. The minimum Gasteiger partial charge on any atom is -0.311 e. The van der Waals surface area contributed by atoms with Crippen molar-refractivity contribution in [3.63, 3.8) is 0 Å². The standard InChI is InChI=1S/C67H49N/c1-67(2)65-29-12-11-25-63(65)64-28-15-27-62(66(64)67)51-34-40-59(41-35-51)68(57-36-30-48(31-37-57)52-22-13-23-53(42-52)61-26-14-21-50-20-9-10-24-60(50)61)58-38-32-49(33-39-58)56-44-54(46-16-5-3-6-17-46)43-55(45-56)47-18-7-4-8-19-47/h3-45H,1-2H3. The molecule has 0 amide bonds. The zero-order valence-electron chi connectivity index (χ0n) is 38.3. The zero-order chi connectivity index (χ0) is 45.6. The average molecular weight is 868 g/mol. The smallest absolute Gasteiger partial charge is 0.0462 e. The molecule has 68 heavy (non-hydrogen) atoms. The molecule has 1 aliphatic rings. The van der Waals surface area contributed by atoms with Crippen molar-refractivity contribution in [1.29, 1.82) is 0 Å². The Hall–Kier alpha value is -8.52. The molecule has 0 N–H and O–H groups in total. The number of benzene rings is 11. The Kier molecular flexibility index (Phi) is 10.3. The van der Waals surface area contributed by atoms with Crippen molar-refractivity contribution in [2.75, 3.05) is 4.90 Å². The van der Waals surface area contributed by atoms with Gasteiger partial charge >= 0.3 is 0 Å². The summed E-state index contributed by atoms with van der Waals surface area (Å²) in [4.78, 5) is 2.38. The third kappa shape index (κ3) is 7.39. The fourth-order valence-corrected chi connectivity index (χ4v) is 10.7. The molecule has 11 aromatic rings. The predicted octanol–water partition coefficient (Wildman–Crippen LogP) is 18.6. The van der Waals surface area contributed by atoms with Gasteiger partial charge in [-0.05, 0) is 160 Å². The molecule has 0 bridgehead atoms. The molecule has 0 unspecified atom stereocenters. The average Bonchev–Trinajstić information content (AvgIpc) is 3.65. The molecule has 1 nitrogen and oxygen atoms in total. The minimum absolute atomic E-state index is 0.104. The van der Waals surface area contributed by atoms with Gasteiger partial charge in [0.05, 0.1) is 0 Å². The largest absolute Gasteiger partial charge is 0.311 e. The van der Waals surface area contributed by atoms with Crippen molar-refractivity contribution in [3.05, 3.63) is 272 Å². The Morgan fingerprint density at radius 1 is 0.265 bits per heavy atom. The Labute approximate surface area is 399 Å². The van der Waals surface area contributed by atoms with Crippen LogP contribution in [0.5, 0.6) is 0 Å². The van der Waals surface area contributed by atoms with E-state index in [9.17, 15) is 0 Å². The lowest BCUT2D eigenvalue weighted by Gasteiger charge is -2.27. The van der Waals surface area contributed by atoms with E-state index < -0.39 is 0 Å². The second kappa shape index (κ2) is 17.0. The zero-order valence-corrected chi connectivity index (χ0v) is 38.3. The lowest BCUT2D eigenvalue weighted by Crippen LogP contribution is -2.16. The maximum atomic E-state index is 2.38. The Morgan fingerprint density at radius 3 is 1.29 bits per heavy atom. The highest BCUT2D eigenvalue weighted by Gasteiger charge is 2.37. The van der Waals surface area contributed by atoms with Gasteiger partial charge in [-0.3, -0.25) is 0 Å². The molecule has 0 saturated carbocycles. The van der Waals surface area contributed by atoms with Crippen LogP contribution in [-0.2, 0) is 5.41 Å². The molecule has 0 spiro atoms. The highest BCUT2D eigenvalue weighted by atomic mass is 15.1. The van der Waals surface area contributed by atoms with Crippen LogP contribution in [0.1, 0.15) is 25.0 Å². The van der Waals surface area contributed by atoms with Crippen molar-refractivity contribution >= 4 is 27.8 Å². The Balaban J connectivity index is 0.931. The normalized spacial score (nSPS) is 12.4. The second-order valence-corrected chi connectivity index (χ2v) is 18.5. The molecule has 1 aliphatic carbocycles. The van der Waals surface area contributed by atoms with Gasteiger partial charge in [0.2, 0.25) is 0 Å². The lowest BCUT2D eigenvalue weighted by atomic mass is 9.79. The van der Waals surface area contributed by atoms with E-state index in [4.69, 9.17) is 0 Å². The molecular weight excluding hydrogens is 819 g/mol. The van der Waals surface area contributed by atoms with Crippen molar-refractivity contribution in [3.8, 4) is 77.9 Å². The highest BCUT2D eigenvalue weighted by molar-refractivity contribution is 5.97. The van der Waals surface area contributed by atoms with E-state index in [-0.39, 0.29) is 5.41 Å². The molecule has 12 rings (SSSR count). The van der Waals surface area contributed by atoms with Crippen molar-refractivity contribution in [1.82, 2.24) is 0 Å². The van der Waals surface area contributed by atoms with Gasteiger partial charge in [0.25, 0.3) is 0 Å². The summed E-state index contributed by atoms with van der Waals surface area (Å²) in [6.07, 6.45) is 0. The maximum absolute atomic E-state index is 2.38. The van der Waals surface area contributed by atoms with Gasteiger partial charge in [-0.15, -0.1) is 0 Å². The predicted molar refractivity (Wildman–Crippen MR) is 289 cm³/mol. The summed E-state index contributed by atoms with van der Waals surface area (Å²) >= 11 is 0. The monoisotopic (exact) mass is 867 g/mol. The van der Waals surface area contributed by atoms with Crippen LogP contribution >= 0.6 is 0 Å². The Morgan fingerprint density at radius 2 is 0.662 bits per heavy atom. The molecule has 0 heterocycles. The third-order valence-corrected chi connectivity index (χ3v) is 14.0. The van der Waals surface area contributed by atoms with Gasteiger partial charge < -0.3 is 4.90 Å². The van der Waals surface area contributed by atoms with E-state index in [2.05, 4.69) is 280 Å². The molecule has 0 atom stereocenters. The summed E-state index contributed by atoms with van der Waals surface area (Å²) in [5, 5.41) is 2.52. The van der Waals surface area contributed by atoms with E-state index in [1.54, 1.807) is 0 Å². The highest BCUT2D eigenvalue weighted by Crippen LogP contribution is 2.52. The number of nitrogens with zero attached hydrogens (tertiary/aromatic N) is 1. The lowest BCUT2D eigenvalue weighted by molar-refractivity contribution is 0.662. The number of hydrogen-bond acceptors (Lipinski definition) is 1. The molecule has 1 heteroatoms. The summed E-state index contributed by atoms with van der Waals surface area (Å²) in [7, 11) is 0. The summed E-state index contributed by atoms with van der Waals surface area (Å²) in [6, 6.07) is 95.5. The van der Waals surface area contributed by atoms with Gasteiger partial charge in [0, 0.05) is 22.5 Å². The summed E-state index contributed by atoms with van der Waals surface area (Å²) in [6.45, 7) is 4.73. The van der Waals surface area contributed by atoms with Gasteiger partial charge in [-0.25, -0.2) is 0 Å². The summed E-state index contributed by atoms with van der Waals surface area (Å²) < 4.78 is 0. The summed E-state index contributed by atoms with van der Waals surface area (Å²) in [5.74, 6) is 0. The quantitative estimate of drug-likeness (QED) is 0.140. The molecule has 0 aliphatic heterocycles. The van der Waals surface area contributed by atoms with Gasteiger partial charge in [0.1, 0.15) is 0 Å². The molecular formula is C67H49N. The van der Waals surface area contributed by atoms with Crippen molar-refractivity contribution in [2.24, 2.45) is 0 Å². The van der Waals surface area contributed by atoms with Crippen LogP contribution < -0.4 is 4.90 Å². The van der Waals surface area contributed by atoms with E-state index in [0.29, 0.717) is 0 Å². The molecule has 0 aromatic heterocycles. The van der Waals surface area contributed by atoms with Gasteiger partial charge in [-0.1, -0.05) is 214 Å². The van der Waals surface area contributed by atoms with Crippen LogP contribution in [0.25, 0.3) is 88.7 Å². The van der Waals surface area contributed by atoms with Crippen LogP contribution in [0.2, 0.25) is 0 Å². The number of anilines is 3. The van der Waals surface area contributed by atoms with Crippen LogP contribution in [0, 0.1) is 0 Å². The third-order valence-electron chi connectivity index (χ3n) is 14.0. The van der Waals surface area contributed by atoms with Crippen LogP contribution in [0.4, 0.5) is 17.1 Å². The van der Waals surface area contributed by atoms with Crippen LogP contribution in [0.15, 0.2) is 261 Å². The molecule has 322 valence electrons. The SMILES string of the molecule is CC1(C)c2ccccc2-c2cccc(-c3ccc(N(c4ccc(-c5cc(-c6ccccc6)cc(-c6ccccc6)c5)cc4)c4ccc(-c5cccc(-c6cccc7ccccc67)c5)cc4)cc3)c21. The van der Waals surface area contributed by atoms with Crippen molar-refractivity contribution < 1.29 is 0 Å². The fourth-order valence-electron chi connectivity index (χ4n) is 10.7. The fraction of sp³-hybridized carbons (Fsp3) is 0.0448.